The van der Waals surface area contributed by atoms with Gasteiger partial charge in [-0.05, 0) is 54.0 Å². The van der Waals surface area contributed by atoms with E-state index in [4.69, 9.17) is 17.4 Å². The van der Waals surface area contributed by atoms with Gasteiger partial charge in [0.15, 0.2) is 0 Å². The molecule has 2 nitrogen and oxygen atoms in total. The summed E-state index contributed by atoms with van der Waals surface area (Å²) in [7, 11) is 0. The molecule has 1 atom stereocenters. The molecule has 0 heterocycles. The molecule has 110 valence electrons. The number of nitrogens with two attached hydrogens (primary N) is 1. The van der Waals surface area contributed by atoms with Crippen molar-refractivity contribution in [3.63, 3.8) is 0 Å². The molecule has 1 saturated carbocycles. The van der Waals surface area contributed by atoms with Crippen LogP contribution in [0.2, 0.25) is 5.02 Å². The number of aryl methyl sites for hydroxylation is 1. The highest BCUT2D eigenvalue weighted by molar-refractivity contribution is 6.31. The van der Waals surface area contributed by atoms with Crippen molar-refractivity contribution in [1.82, 2.24) is 5.43 Å². The van der Waals surface area contributed by atoms with Crippen LogP contribution in [0.5, 0.6) is 0 Å². The highest BCUT2D eigenvalue weighted by Gasteiger charge is 2.25. The topological polar surface area (TPSA) is 38.0 Å². The summed E-state index contributed by atoms with van der Waals surface area (Å²) in [5.41, 5.74) is 7.93. The quantitative estimate of drug-likeness (QED) is 0.646. The minimum absolute atomic E-state index is 0.0118. The van der Waals surface area contributed by atoms with Gasteiger partial charge in [-0.3, -0.25) is 5.84 Å². The van der Waals surface area contributed by atoms with E-state index in [0.29, 0.717) is 5.92 Å². The molecule has 0 aliphatic heterocycles. The van der Waals surface area contributed by atoms with E-state index in [2.05, 4.69) is 41.8 Å². The molecule has 2 aromatic rings. The van der Waals surface area contributed by atoms with Crippen molar-refractivity contribution in [2.45, 2.75) is 38.1 Å². The predicted molar refractivity (Wildman–Crippen MR) is 88.4 cm³/mol. The van der Waals surface area contributed by atoms with Crippen LogP contribution in [-0.2, 0) is 0 Å². The fourth-order valence-electron chi connectivity index (χ4n) is 3.08. The third-order valence-electron chi connectivity index (χ3n) is 4.53. The molecule has 1 aliphatic rings. The first-order chi connectivity index (χ1) is 10.2. The van der Waals surface area contributed by atoms with Gasteiger partial charge in [0.25, 0.3) is 0 Å². The SMILES string of the molecule is Cc1cc(C(NN)c2ccccc2C2CCC2)ccc1Cl. The summed E-state index contributed by atoms with van der Waals surface area (Å²) in [5, 5.41) is 0.793. The molecule has 0 spiro atoms. The second-order valence-corrected chi connectivity index (χ2v) is 6.27. The summed E-state index contributed by atoms with van der Waals surface area (Å²) in [5.74, 6) is 6.56. The third-order valence-corrected chi connectivity index (χ3v) is 4.96. The van der Waals surface area contributed by atoms with Crippen LogP contribution in [0.4, 0.5) is 0 Å². The number of hydrogen-bond acceptors (Lipinski definition) is 2. The average Bonchev–Trinajstić information content (AvgIpc) is 2.43. The molecule has 0 bridgehead atoms. The smallest absolute Gasteiger partial charge is 0.0712 e. The lowest BCUT2D eigenvalue weighted by atomic mass is 9.76. The van der Waals surface area contributed by atoms with Crippen LogP contribution >= 0.6 is 11.6 Å². The number of halogens is 1. The zero-order valence-corrected chi connectivity index (χ0v) is 13.0. The van der Waals surface area contributed by atoms with Gasteiger partial charge < -0.3 is 0 Å². The van der Waals surface area contributed by atoms with Crippen LogP contribution in [0, 0.1) is 6.92 Å². The molecular weight excluding hydrogens is 280 g/mol. The van der Waals surface area contributed by atoms with Gasteiger partial charge >= 0.3 is 0 Å². The first kappa shape index (κ1) is 14.6. The Balaban J connectivity index is 2.01. The molecule has 1 aliphatic carbocycles. The molecule has 1 unspecified atom stereocenters. The van der Waals surface area contributed by atoms with Gasteiger partial charge in [0.2, 0.25) is 0 Å². The maximum Gasteiger partial charge on any atom is 0.0712 e. The predicted octanol–water partition coefficient (Wildman–Crippen LogP) is 4.47. The molecule has 0 radical (unpaired) electrons. The molecular formula is C18H21ClN2. The van der Waals surface area contributed by atoms with Crippen LogP contribution in [-0.4, -0.2) is 0 Å². The Bertz CT molecular complexity index is 635. The molecule has 21 heavy (non-hydrogen) atoms. The third kappa shape index (κ3) is 2.84. The first-order valence-corrected chi connectivity index (χ1v) is 7.89. The van der Waals surface area contributed by atoms with Crippen LogP contribution in [0.25, 0.3) is 0 Å². The summed E-state index contributed by atoms with van der Waals surface area (Å²) in [6.07, 6.45) is 3.90. The second-order valence-electron chi connectivity index (χ2n) is 5.87. The fraction of sp³-hybridized carbons (Fsp3) is 0.333. The van der Waals surface area contributed by atoms with Crippen LogP contribution < -0.4 is 11.3 Å². The standard InChI is InChI=1S/C18H21ClN2/c1-12-11-14(9-10-17(12)19)18(21-20)16-8-3-2-7-15(16)13-5-4-6-13/h2-3,7-11,13,18,21H,4-6,20H2,1H3. The summed E-state index contributed by atoms with van der Waals surface area (Å²) < 4.78 is 0. The van der Waals surface area contributed by atoms with E-state index in [9.17, 15) is 0 Å². The average molecular weight is 301 g/mol. The van der Waals surface area contributed by atoms with Crippen molar-refractivity contribution in [2.75, 3.05) is 0 Å². The Morgan fingerprint density at radius 1 is 1.19 bits per heavy atom. The molecule has 3 heteroatoms. The minimum atomic E-state index is 0.0118. The van der Waals surface area contributed by atoms with Gasteiger partial charge in [0.05, 0.1) is 6.04 Å². The van der Waals surface area contributed by atoms with Crippen molar-refractivity contribution >= 4 is 11.6 Å². The van der Waals surface area contributed by atoms with Gasteiger partial charge in [-0.2, -0.15) is 0 Å². The van der Waals surface area contributed by atoms with Gasteiger partial charge in [0.1, 0.15) is 0 Å². The Morgan fingerprint density at radius 2 is 1.95 bits per heavy atom. The molecule has 0 saturated heterocycles. The zero-order chi connectivity index (χ0) is 14.8. The van der Waals surface area contributed by atoms with Gasteiger partial charge in [-0.25, -0.2) is 5.43 Å². The molecule has 3 rings (SSSR count). The zero-order valence-electron chi connectivity index (χ0n) is 12.3. The largest absolute Gasteiger partial charge is 0.271 e. The lowest BCUT2D eigenvalue weighted by Gasteiger charge is -2.30. The van der Waals surface area contributed by atoms with Gasteiger partial charge in [-0.1, -0.05) is 54.4 Å². The highest BCUT2D eigenvalue weighted by atomic mass is 35.5. The Morgan fingerprint density at radius 3 is 2.57 bits per heavy atom. The maximum absolute atomic E-state index is 6.14. The van der Waals surface area contributed by atoms with Crippen molar-refractivity contribution in [2.24, 2.45) is 5.84 Å². The van der Waals surface area contributed by atoms with E-state index in [-0.39, 0.29) is 6.04 Å². The lowest BCUT2D eigenvalue weighted by Crippen LogP contribution is -2.30. The number of benzene rings is 2. The second kappa shape index (κ2) is 6.18. The fourth-order valence-corrected chi connectivity index (χ4v) is 3.20. The number of hydrazine groups is 1. The molecule has 2 aromatic carbocycles. The monoisotopic (exact) mass is 300 g/mol. The first-order valence-electron chi connectivity index (χ1n) is 7.51. The summed E-state index contributed by atoms with van der Waals surface area (Å²) in [4.78, 5) is 0. The number of nitrogens with one attached hydrogen (secondary N) is 1. The molecule has 1 fully saturated rings. The molecule has 3 N–H and O–H groups in total. The van der Waals surface area contributed by atoms with E-state index in [1.807, 2.05) is 13.0 Å². The summed E-state index contributed by atoms with van der Waals surface area (Å²) in [6.45, 7) is 2.03. The molecule has 0 amide bonds. The van der Waals surface area contributed by atoms with Crippen molar-refractivity contribution in [3.05, 3.63) is 69.7 Å². The van der Waals surface area contributed by atoms with E-state index >= 15 is 0 Å². The molecule has 0 aromatic heterocycles. The Labute approximate surface area is 131 Å². The van der Waals surface area contributed by atoms with Crippen LogP contribution in [0.15, 0.2) is 42.5 Å². The number of rotatable bonds is 4. The van der Waals surface area contributed by atoms with Gasteiger partial charge in [0, 0.05) is 5.02 Å². The number of hydrogen-bond donors (Lipinski definition) is 2. The van der Waals surface area contributed by atoms with Crippen molar-refractivity contribution in [1.29, 1.82) is 0 Å². The Hall–Kier alpha value is -1.35. The summed E-state index contributed by atoms with van der Waals surface area (Å²) >= 11 is 6.14. The van der Waals surface area contributed by atoms with E-state index in [1.54, 1.807) is 0 Å². The van der Waals surface area contributed by atoms with E-state index < -0.39 is 0 Å². The van der Waals surface area contributed by atoms with Crippen LogP contribution in [0.1, 0.15) is 53.5 Å². The lowest BCUT2D eigenvalue weighted by molar-refractivity contribution is 0.414. The minimum Gasteiger partial charge on any atom is -0.271 e. The van der Waals surface area contributed by atoms with E-state index in [0.717, 1.165) is 16.1 Å². The van der Waals surface area contributed by atoms with Crippen molar-refractivity contribution < 1.29 is 0 Å². The van der Waals surface area contributed by atoms with Crippen molar-refractivity contribution in [3.8, 4) is 0 Å². The normalized spacial score (nSPS) is 16.5. The van der Waals surface area contributed by atoms with E-state index in [1.165, 1.54) is 30.4 Å². The van der Waals surface area contributed by atoms with Crippen LogP contribution in [0.3, 0.4) is 0 Å². The summed E-state index contributed by atoms with van der Waals surface area (Å²) in [6, 6.07) is 14.8. The Kier molecular flexibility index (Phi) is 4.29. The maximum atomic E-state index is 6.14. The van der Waals surface area contributed by atoms with Gasteiger partial charge in [-0.15, -0.1) is 0 Å². The highest BCUT2D eigenvalue weighted by Crippen LogP contribution is 2.40.